The number of aromatic hydroxyl groups is 1. The number of phenols is 1. The molecule has 2 aliphatic heterocycles. The molecule has 2 heterocycles. The Labute approximate surface area is 115 Å². The molecule has 0 aliphatic carbocycles. The summed E-state index contributed by atoms with van der Waals surface area (Å²) in [4.78, 5) is 2.58. The molecule has 19 heavy (non-hydrogen) atoms. The van der Waals surface area contributed by atoms with Gasteiger partial charge in [0, 0.05) is 18.1 Å². The van der Waals surface area contributed by atoms with Crippen LogP contribution in [0.2, 0.25) is 0 Å². The van der Waals surface area contributed by atoms with Crippen LogP contribution in [0.3, 0.4) is 0 Å². The Morgan fingerprint density at radius 3 is 2.42 bits per heavy atom. The van der Waals surface area contributed by atoms with Gasteiger partial charge in [-0.3, -0.25) is 0 Å². The average Bonchev–Trinajstić information content (AvgIpc) is 2.64. The summed E-state index contributed by atoms with van der Waals surface area (Å²) < 4.78 is 0. The second-order valence-electron chi connectivity index (χ2n) is 6.09. The van der Waals surface area contributed by atoms with Gasteiger partial charge in [0.25, 0.3) is 0 Å². The van der Waals surface area contributed by atoms with E-state index < -0.39 is 0 Å². The molecule has 0 spiro atoms. The first-order valence-corrected chi connectivity index (χ1v) is 7.45. The molecule has 3 heteroatoms. The molecule has 2 saturated heterocycles. The van der Waals surface area contributed by atoms with Gasteiger partial charge in [0.15, 0.2) is 0 Å². The molecule has 2 N–H and O–H groups in total. The average molecular weight is 260 g/mol. The van der Waals surface area contributed by atoms with Crippen LogP contribution in [-0.4, -0.2) is 41.7 Å². The first-order chi connectivity index (χ1) is 9.22. The highest BCUT2D eigenvalue weighted by Crippen LogP contribution is 2.34. The highest BCUT2D eigenvalue weighted by Gasteiger charge is 2.37. The molecule has 3 nitrogen and oxygen atoms in total. The van der Waals surface area contributed by atoms with Crippen molar-refractivity contribution in [2.45, 2.75) is 50.2 Å². The number of rotatable bonds is 4. The van der Waals surface area contributed by atoms with Crippen molar-refractivity contribution in [3.8, 4) is 5.75 Å². The van der Waals surface area contributed by atoms with Crippen LogP contribution in [0, 0.1) is 0 Å². The molecule has 0 aromatic heterocycles. The van der Waals surface area contributed by atoms with Gasteiger partial charge in [-0.15, -0.1) is 0 Å². The summed E-state index contributed by atoms with van der Waals surface area (Å²) in [6, 6.07) is 9.88. The summed E-state index contributed by atoms with van der Waals surface area (Å²) in [5.74, 6) is 0.351. The van der Waals surface area contributed by atoms with Crippen LogP contribution < -0.4 is 5.32 Å². The predicted molar refractivity (Wildman–Crippen MR) is 77.4 cm³/mol. The second kappa shape index (κ2) is 5.51. The first kappa shape index (κ1) is 12.9. The van der Waals surface area contributed by atoms with Crippen LogP contribution in [-0.2, 0) is 6.42 Å². The van der Waals surface area contributed by atoms with Gasteiger partial charge in [-0.2, -0.15) is 0 Å². The summed E-state index contributed by atoms with van der Waals surface area (Å²) >= 11 is 0. The van der Waals surface area contributed by atoms with Crippen molar-refractivity contribution in [2.75, 3.05) is 13.6 Å². The van der Waals surface area contributed by atoms with Crippen LogP contribution in [0.15, 0.2) is 24.3 Å². The Morgan fingerprint density at radius 2 is 1.79 bits per heavy atom. The Balaban J connectivity index is 1.45. The van der Waals surface area contributed by atoms with E-state index in [1.165, 1.54) is 31.2 Å². The van der Waals surface area contributed by atoms with E-state index in [1.807, 2.05) is 12.1 Å². The van der Waals surface area contributed by atoms with Gasteiger partial charge in [-0.05, 0) is 63.4 Å². The zero-order valence-electron chi connectivity index (χ0n) is 11.7. The third-order valence-corrected chi connectivity index (χ3v) is 4.88. The number of nitrogens with zero attached hydrogens (tertiary/aromatic N) is 1. The number of nitrogens with one attached hydrogen (secondary N) is 1. The molecule has 0 amide bonds. The fourth-order valence-electron chi connectivity index (χ4n) is 3.66. The smallest absolute Gasteiger partial charge is 0.115 e. The van der Waals surface area contributed by atoms with Crippen molar-refractivity contribution < 1.29 is 5.11 Å². The number of hydrogen-bond donors (Lipinski definition) is 2. The van der Waals surface area contributed by atoms with Gasteiger partial charge in [0.1, 0.15) is 5.75 Å². The number of benzene rings is 1. The van der Waals surface area contributed by atoms with Crippen LogP contribution in [0.1, 0.15) is 31.2 Å². The van der Waals surface area contributed by atoms with Crippen LogP contribution in [0.5, 0.6) is 5.75 Å². The normalized spacial score (nSPS) is 30.7. The molecule has 104 valence electrons. The SMILES string of the molecule is CN1C2CCC1CC(NCCc1ccc(O)cc1)C2. The Hall–Kier alpha value is -1.06. The van der Waals surface area contributed by atoms with Gasteiger partial charge >= 0.3 is 0 Å². The maximum Gasteiger partial charge on any atom is 0.115 e. The van der Waals surface area contributed by atoms with Gasteiger partial charge in [0.05, 0.1) is 0 Å². The lowest BCUT2D eigenvalue weighted by Crippen LogP contribution is -2.47. The molecule has 2 bridgehead atoms. The first-order valence-electron chi connectivity index (χ1n) is 7.45. The van der Waals surface area contributed by atoms with Crippen LogP contribution >= 0.6 is 0 Å². The molecule has 1 aromatic rings. The number of hydrogen-bond acceptors (Lipinski definition) is 3. The van der Waals surface area contributed by atoms with Crippen LogP contribution in [0.4, 0.5) is 0 Å². The zero-order valence-corrected chi connectivity index (χ0v) is 11.7. The molecular formula is C16H24N2O. The number of phenolic OH excluding ortho intramolecular Hbond substituents is 1. The minimum Gasteiger partial charge on any atom is -0.508 e. The Bertz CT molecular complexity index is 403. The van der Waals surface area contributed by atoms with Crippen molar-refractivity contribution >= 4 is 0 Å². The third kappa shape index (κ3) is 2.93. The molecule has 2 unspecified atom stereocenters. The molecule has 1 aromatic carbocycles. The highest BCUT2D eigenvalue weighted by atomic mass is 16.3. The van der Waals surface area contributed by atoms with Crippen molar-refractivity contribution in [3.63, 3.8) is 0 Å². The largest absolute Gasteiger partial charge is 0.508 e. The fourth-order valence-corrected chi connectivity index (χ4v) is 3.66. The van der Waals surface area contributed by atoms with E-state index in [4.69, 9.17) is 0 Å². The lowest BCUT2D eigenvalue weighted by Gasteiger charge is -2.36. The van der Waals surface area contributed by atoms with Gasteiger partial charge in [0.2, 0.25) is 0 Å². The molecule has 0 radical (unpaired) electrons. The monoisotopic (exact) mass is 260 g/mol. The topological polar surface area (TPSA) is 35.5 Å². The molecule has 2 aliphatic rings. The fraction of sp³-hybridized carbons (Fsp3) is 0.625. The summed E-state index contributed by atoms with van der Waals surface area (Å²) in [6.07, 6.45) is 6.43. The molecule has 2 fully saturated rings. The standard InChI is InChI=1S/C16H24N2O/c1-18-14-4-5-15(18)11-13(10-14)17-9-8-12-2-6-16(19)7-3-12/h2-3,6-7,13-15,17,19H,4-5,8-11H2,1H3. The van der Waals surface area contributed by atoms with E-state index in [1.54, 1.807) is 12.1 Å². The minimum atomic E-state index is 0.351. The van der Waals surface area contributed by atoms with Crippen molar-refractivity contribution in [2.24, 2.45) is 0 Å². The van der Waals surface area contributed by atoms with Crippen molar-refractivity contribution in [1.82, 2.24) is 10.2 Å². The van der Waals surface area contributed by atoms with Gasteiger partial charge in [-0.1, -0.05) is 12.1 Å². The number of fused-ring (bicyclic) bond motifs is 2. The van der Waals surface area contributed by atoms with Crippen molar-refractivity contribution in [3.05, 3.63) is 29.8 Å². The minimum absolute atomic E-state index is 0.351. The summed E-state index contributed by atoms with van der Waals surface area (Å²) in [5, 5.41) is 13.0. The molecule has 2 atom stereocenters. The maximum atomic E-state index is 9.26. The van der Waals surface area contributed by atoms with Gasteiger partial charge < -0.3 is 15.3 Å². The van der Waals surface area contributed by atoms with Gasteiger partial charge in [-0.25, -0.2) is 0 Å². The van der Waals surface area contributed by atoms with E-state index in [0.29, 0.717) is 11.8 Å². The van der Waals surface area contributed by atoms with E-state index in [2.05, 4.69) is 17.3 Å². The lowest BCUT2D eigenvalue weighted by atomic mass is 9.98. The van der Waals surface area contributed by atoms with Crippen molar-refractivity contribution in [1.29, 1.82) is 0 Å². The second-order valence-corrected chi connectivity index (χ2v) is 6.09. The summed E-state index contributed by atoms with van der Waals surface area (Å²) in [6.45, 7) is 1.04. The summed E-state index contributed by atoms with van der Waals surface area (Å²) in [5.41, 5.74) is 1.29. The highest BCUT2D eigenvalue weighted by molar-refractivity contribution is 5.26. The summed E-state index contributed by atoms with van der Waals surface area (Å²) in [7, 11) is 2.29. The Kier molecular flexibility index (Phi) is 3.76. The number of piperidine rings is 1. The van der Waals surface area contributed by atoms with E-state index in [-0.39, 0.29) is 0 Å². The maximum absolute atomic E-state index is 9.26. The van der Waals surface area contributed by atoms with Crippen LogP contribution in [0.25, 0.3) is 0 Å². The molecule has 3 rings (SSSR count). The zero-order chi connectivity index (χ0) is 13.2. The lowest BCUT2D eigenvalue weighted by molar-refractivity contribution is 0.149. The molecule has 0 saturated carbocycles. The Morgan fingerprint density at radius 1 is 1.16 bits per heavy atom. The molecular weight excluding hydrogens is 236 g/mol. The quantitative estimate of drug-likeness (QED) is 0.871. The predicted octanol–water partition coefficient (Wildman–Crippen LogP) is 2.15. The van der Waals surface area contributed by atoms with E-state index in [9.17, 15) is 5.11 Å². The third-order valence-electron chi connectivity index (χ3n) is 4.88. The van der Waals surface area contributed by atoms with E-state index >= 15 is 0 Å². The van der Waals surface area contributed by atoms with E-state index in [0.717, 1.165) is 25.0 Å².